The minimum atomic E-state index is -0.734. The monoisotopic (exact) mass is 460 g/mol. The van der Waals surface area contributed by atoms with Gasteiger partial charge >= 0.3 is 11.8 Å². The van der Waals surface area contributed by atoms with Crippen molar-refractivity contribution in [1.29, 1.82) is 0 Å². The summed E-state index contributed by atoms with van der Waals surface area (Å²) in [6, 6.07) is 11.4. The van der Waals surface area contributed by atoms with Crippen LogP contribution >= 0.6 is 0 Å². The van der Waals surface area contributed by atoms with Crippen molar-refractivity contribution < 1.29 is 14.4 Å². The zero-order valence-electron chi connectivity index (χ0n) is 18.9. The number of para-hydroxylation sites is 1. The Morgan fingerprint density at radius 2 is 1.56 bits per heavy atom. The van der Waals surface area contributed by atoms with Crippen LogP contribution in [0.5, 0.6) is 0 Å². The summed E-state index contributed by atoms with van der Waals surface area (Å²) < 4.78 is 0. The molecular formula is C25H28N6O3. The van der Waals surface area contributed by atoms with E-state index in [9.17, 15) is 14.4 Å². The van der Waals surface area contributed by atoms with E-state index in [1.165, 1.54) is 11.8 Å². The summed E-state index contributed by atoms with van der Waals surface area (Å²) in [4.78, 5) is 44.8. The minimum Gasteiger partial charge on any atom is -0.382 e. The summed E-state index contributed by atoms with van der Waals surface area (Å²) in [5, 5.41) is 12.3. The van der Waals surface area contributed by atoms with Gasteiger partial charge in [0, 0.05) is 55.3 Å². The number of nitrogens with zero attached hydrogens (tertiary/aromatic N) is 2. The molecule has 0 atom stereocenters. The van der Waals surface area contributed by atoms with E-state index in [1.54, 1.807) is 18.3 Å². The van der Waals surface area contributed by atoms with E-state index in [1.807, 2.05) is 18.2 Å². The van der Waals surface area contributed by atoms with Crippen molar-refractivity contribution in [2.75, 3.05) is 31.5 Å². The fourth-order valence-electron chi connectivity index (χ4n) is 4.05. The highest BCUT2D eigenvalue weighted by molar-refractivity contribution is 6.35. The number of pyridine rings is 2. The predicted molar refractivity (Wildman–Crippen MR) is 129 cm³/mol. The Balaban J connectivity index is 1.21. The number of aromatic nitrogens is 2. The van der Waals surface area contributed by atoms with Crippen molar-refractivity contribution in [2.45, 2.75) is 25.7 Å². The quantitative estimate of drug-likeness (QED) is 0.299. The molecule has 0 unspecified atom stereocenters. The summed E-state index contributed by atoms with van der Waals surface area (Å²) in [6.45, 7) is 1.14. The van der Waals surface area contributed by atoms with Crippen molar-refractivity contribution in [1.82, 2.24) is 25.9 Å². The molecule has 4 rings (SSSR count). The number of nitrogens with one attached hydrogen (secondary N) is 4. The van der Waals surface area contributed by atoms with E-state index in [0.29, 0.717) is 18.7 Å². The molecule has 2 aromatic heterocycles. The number of carbonyl (C=O) groups excluding carboxylic acids is 3. The van der Waals surface area contributed by atoms with Crippen molar-refractivity contribution >= 4 is 34.3 Å². The van der Waals surface area contributed by atoms with Crippen LogP contribution in [0.1, 0.15) is 34.5 Å². The van der Waals surface area contributed by atoms with Gasteiger partial charge in [-0.15, -0.1) is 0 Å². The highest BCUT2D eigenvalue weighted by Gasteiger charge is 2.18. The van der Waals surface area contributed by atoms with Crippen LogP contribution in [0, 0.1) is 0 Å². The van der Waals surface area contributed by atoms with Gasteiger partial charge in [-0.3, -0.25) is 24.4 Å². The maximum Gasteiger partial charge on any atom is 0.309 e. The molecule has 0 aliphatic heterocycles. The van der Waals surface area contributed by atoms with Gasteiger partial charge in [0.1, 0.15) is 0 Å². The lowest BCUT2D eigenvalue weighted by atomic mass is 9.92. The fraction of sp³-hybridized carbons (Fsp3) is 0.320. The van der Waals surface area contributed by atoms with Gasteiger partial charge in [0.2, 0.25) is 0 Å². The van der Waals surface area contributed by atoms with Crippen LogP contribution in [-0.4, -0.2) is 53.9 Å². The molecule has 3 aromatic rings. The van der Waals surface area contributed by atoms with Crippen LogP contribution in [0.15, 0.2) is 48.8 Å². The van der Waals surface area contributed by atoms with Crippen molar-refractivity contribution in [3.05, 3.63) is 65.6 Å². The lowest BCUT2D eigenvalue weighted by Gasteiger charge is -2.21. The van der Waals surface area contributed by atoms with Gasteiger partial charge in [-0.2, -0.15) is 0 Å². The maximum absolute atomic E-state index is 12.1. The molecular weight excluding hydrogens is 432 g/mol. The molecule has 0 fully saturated rings. The molecule has 1 aliphatic carbocycles. The van der Waals surface area contributed by atoms with Crippen LogP contribution in [0.25, 0.3) is 10.9 Å². The first-order chi connectivity index (χ1) is 16.6. The fourth-order valence-corrected chi connectivity index (χ4v) is 4.05. The van der Waals surface area contributed by atoms with Crippen LogP contribution in [0.2, 0.25) is 0 Å². The SMILES string of the molecule is O=C(NCCNC(=O)c1cccnc1)C(=O)NCCNc1c2c(nc3ccccc13)CCCC2. The molecule has 9 heteroatoms. The second kappa shape index (κ2) is 11.2. The van der Waals surface area contributed by atoms with Crippen LogP contribution in [-0.2, 0) is 22.4 Å². The molecule has 0 saturated heterocycles. The van der Waals surface area contributed by atoms with Gasteiger partial charge < -0.3 is 21.3 Å². The number of anilines is 1. The summed E-state index contributed by atoms with van der Waals surface area (Å²) >= 11 is 0. The second-order valence-electron chi connectivity index (χ2n) is 8.07. The average Bonchev–Trinajstić information content (AvgIpc) is 2.88. The van der Waals surface area contributed by atoms with Gasteiger partial charge in [-0.1, -0.05) is 18.2 Å². The number of fused-ring (bicyclic) bond motifs is 2. The van der Waals surface area contributed by atoms with Crippen LogP contribution < -0.4 is 21.3 Å². The maximum atomic E-state index is 12.1. The van der Waals surface area contributed by atoms with E-state index in [2.05, 4.69) is 32.3 Å². The molecule has 9 nitrogen and oxygen atoms in total. The number of hydrogen-bond donors (Lipinski definition) is 4. The highest BCUT2D eigenvalue weighted by Crippen LogP contribution is 2.32. The van der Waals surface area contributed by atoms with E-state index < -0.39 is 11.8 Å². The highest BCUT2D eigenvalue weighted by atomic mass is 16.2. The van der Waals surface area contributed by atoms with E-state index in [0.717, 1.165) is 48.0 Å². The van der Waals surface area contributed by atoms with Crippen LogP contribution in [0.3, 0.4) is 0 Å². The molecule has 0 spiro atoms. The Morgan fingerprint density at radius 3 is 2.35 bits per heavy atom. The molecule has 3 amide bonds. The zero-order chi connectivity index (χ0) is 23.8. The number of amides is 3. The average molecular weight is 461 g/mol. The topological polar surface area (TPSA) is 125 Å². The first-order valence-corrected chi connectivity index (χ1v) is 11.5. The number of rotatable bonds is 8. The Hall–Kier alpha value is -4.01. The number of aryl methyl sites for hydroxylation is 1. The second-order valence-corrected chi connectivity index (χ2v) is 8.07. The van der Waals surface area contributed by atoms with Gasteiger partial charge in [-0.05, 0) is 49.4 Å². The lowest BCUT2D eigenvalue weighted by molar-refractivity contribution is -0.139. The molecule has 176 valence electrons. The third-order valence-electron chi connectivity index (χ3n) is 5.71. The van der Waals surface area contributed by atoms with E-state index >= 15 is 0 Å². The Morgan fingerprint density at radius 1 is 0.824 bits per heavy atom. The van der Waals surface area contributed by atoms with Crippen molar-refractivity contribution in [3.63, 3.8) is 0 Å². The number of benzene rings is 1. The molecule has 1 aromatic carbocycles. The Kier molecular flexibility index (Phi) is 7.64. The predicted octanol–water partition coefficient (Wildman–Crippen LogP) is 1.58. The van der Waals surface area contributed by atoms with Gasteiger partial charge in [0.05, 0.1) is 11.1 Å². The smallest absolute Gasteiger partial charge is 0.309 e. The van der Waals surface area contributed by atoms with Gasteiger partial charge in [-0.25, -0.2) is 0 Å². The van der Waals surface area contributed by atoms with Crippen LogP contribution in [0.4, 0.5) is 5.69 Å². The molecule has 0 radical (unpaired) electrons. The third kappa shape index (κ3) is 5.67. The first kappa shape index (κ1) is 23.2. The van der Waals surface area contributed by atoms with Gasteiger partial charge in [0.15, 0.2) is 0 Å². The molecule has 4 N–H and O–H groups in total. The molecule has 0 saturated carbocycles. The van der Waals surface area contributed by atoms with Crippen molar-refractivity contribution in [2.24, 2.45) is 0 Å². The first-order valence-electron chi connectivity index (χ1n) is 11.5. The summed E-state index contributed by atoms with van der Waals surface area (Å²) in [6.07, 6.45) is 7.30. The van der Waals surface area contributed by atoms with E-state index in [4.69, 9.17) is 4.98 Å². The number of hydrogen-bond acceptors (Lipinski definition) is 6. The normalized spacial score (nSPS) is 12.5. The standard InChI is InChI=1S/C25H28N6O3/c32-23(17-6-5-11-26-16-17)28-14-15-30-25(34)24(33)29-13-12-27-22-18-7-1-3-9-20(18)31-21-10-4-2-8-19(21)22/h1,3,5-7,9,11,16H,2,4,8,10,12-15H2,(H,27,31)(H,28,32)(H,29,33)(H,30,34). The molecule has 0 bridgehead atoms. The molecule has 2 heterocycles. The largest absolute Gasteiger partial charge is 0.382 e. The van der Waals surface area contributed by atoms with E-state index in [-0.39, 0.29) is 19.0 Å². The summed E-state index contributed by atoms with van der Waals surface area (Å²) in [7, 11) is 0. The Labute approximate surface area is 197 Å². The molecule has 34 heavy (non-hydrogen) atoms. The van der Waals surface area contributed by atoms with Crippen molar-refractivity contribution in [3.8, 4) is 0 Å². The third-order valence-corrected chi connectivity index (χ3v) is 5.71. The number of carbonyl (C=O) groups is 3. The summed E-state index contributed by atoms with van der Waals surface area (Å²) in [5.41, 5.74) is 4.86. The Bertz CT molecular complexity index is 1180. The zero-order valence-corrected chi connectivity index (χ0v) is 18.9. The minimum absolute atomic E-state index is 0.144. The van der Waals surface area contributed by atoms with Gasteiger partial charge in [0.25, 0.3) is 5.91 Å². The molecule has 1 aliphatic rings. The lowest BCUT2D eigenvalue weighted by Crippen LogP contribution is -2.44. The summed E-state index contributed by atoms with van der Waals surface area (Å²) in [5.74, 6) is -1.73.